The van der Waals surface area contributed by atoms with Gasteiger partial charge in [0.1, 0.15) is 18.5 Å². The third kappa shape index (κ3) is 5.17. The maximum absolute atomic E-state index is 13.7. The number of rotatable bonds is 9. The molecule has 2 aromatic heterocycles. The van der Waals surface area contributed by atoms with Crippen LogP contribution in [0.1, 0.15) is 71.2 Å². The zero-order valence-corrected chi connectivity index (χ0v) is 22.0. The fourth-order valence-corrected chi connectivity index (χ4v) is 5.95. The minimum Gasteiger partial charge on any atom is -0.491 e. The Bertz CT molecular complexity index is 1380. The third-order valence-electron chi connectivity index (χ3n) is 6.89. The highest BCUT2D eigenvalue weighted by atomic mass is 32.1. The van der Waals surface area contributed by atoms with Gasteiger partial charge in [0, 0.05) is 17.5 Å². The molecule has 2 aliphatic carbocycles. The maximum Gasteiger partial charge on any atom is 0.333 e. The van der Waals surface area contributed by atoms with Gasteiger partial charge in [0.15, 0.2) is 10.6 Å². The lowest BCUT2D eigenvalue weighted by atomic mass is 9.53. The number of nitrogens with zero attached hydrogens (tertiary/aromatic N) is 3. The molecular weight excluding hydrogens is 520 g/mol. The summed E-state index contributed by atoms with van der Waals surface area (Å²) in [5.41, 5.74) is 4.33. The molecule has 38 heavy (non-hydrogen) atoms. The van der Waals surface area contributed by atoms with Crippen LogP contribution >= 0.6 is 11.3 Å². The number of hydrogen-bond acceptors (Lipinski definition) is 8. The molecule has 0 bridgehead atoms. The lowest BCUT2D eigenvalue weighted by Crippen LogP contribution is -2.58. The first kappa shape index (κ1) is 26.3. The third-order valence-corrected chi connectivity index (χ3v) is 7.86. The van der Waals surface area contributed by atoms with Crippen molar-refractivity contribution >= 4 is 34.1 Å². The van der Waals surface area contributed by atoms with E-state index >= 15 is 0 Å². The van der Waals surface area contributed by atoms with Crippen molar-refractivity contribution in [2.45, 2.75) is 70.8 Å². The summed E-state index contributed by atoms with van der Waals surface area (Å²) in [7, 11) is 0. The van der Waals surface area contributed by atoms with Crippen LogP contribution in [0.25, 0.3) is 10.9 Å². The van der Waals surface area contributed by atoms with Gasteiger partial charge in [0.05, 0.1) is 16.1 Å². The summed E-state index contributed by atoms with van der Waals surface area (Å²) in [6.07, 6.45) is 2.93. The van der Waals surface area contributed by atoms with E-state index in [-0.39, 0.29) is 52.4 Å². The van der Waals surface area contributed by atoms with Gasteiger partial charge in [0.2, 0.25) is 5.88 Å². The van der Waals surface area contributed by atoms with Crippen molar-refractivity contribution in [3.8, 4) is 11.6 Å². The minimum absolute atomic E-state index is 0.0281. The smallest absolute Gasteiger partial charge is 0.333 e. The van der Waals surface area contributed by atoms with Crippen molar-refractivity contribution in [3.05, 3.63) is 33.8 Å². The second-order valence-corrected chi connectivity index (χ2v) is 12.0. The van der Waals surface area contributed by atoms with Crippen LogP contribution in [0.5, 0.6) is 11.6 Å². The van der Waals surface area contributed by atoms with Crippen molar-refractivity contribution < 1.29 is 33.0 Å². The van der Waals surface area contributed by atoms with Crippen molar-refractivity contribution in [3.63, 3.8) is 0 Å². The van der Waals surface area contributed by atoms with Gasteiger partial charge < -0.3 is 25.6 Å². The molecule has 0 unspecified atom stereocenters. The summed E-state index contributed by atoms with van der Waals surface area (Å²) < 4.78 is 39.3. The zero-order valence-electron chi connectivity index (χ0n) is 21.2. The van der Waals surface area contributed by atoms with E-state index in [0.29, 0.717) is 14.6 Å². The van der Waals surface area contributed by atoms with Gasteiger partial charge in [-0.05, 0) is 64.0 Å². The SMILES string of the molecule is Cc1nc(O[C@H]2CC3(C[C@H](NC(=O)c4nn(C(F)F)c5cc(OCC(C)(C)O)ccc45)C3)C2)c(C(N)=O)s1. The molecule has 13 heteroatoms. The average Bonchev–Trinajstić information content (AvgIpc) is 3.34. The van der Waals surface area contributed by atoms with E-state index in [1.165, 1.54) is 23.5 Å². The fourth-order valence-electron chi connectivity index (χ4n) is 5.25. The Hall–Kier alpha value is -3.32. The number of halogens is 2. The topological polar surface area (TPSA) is 142 Å². The summed E-state index contributed by atoms with van der Waals surface area (Å²) in [6.45, 7) is 1.95. The number of nitrogens with two attached hydrogens (primary N) is 1. The van der Waals surface area contributed by atoms with E-state index in [4.69, 9.17) is 15.2 Å². The van der Waals surface area contributed by atoms with Gasteiger partial charge in [-0.1, -0.05) is 0 Å². The molecule has 2 saturated carbocycles. The summed E-state index contributed by atoms with van der Waals surface area (Å²) in [5.74, 6) is -0.521. The van der Waals surface area contributed by atoms with Gasteiger partial charge in [0.25, 0.3) is 11.8 Å². The molecule has 0 aliphatic heterocycles. The Morgan fingerprint density at radius 2 is 2.03 bits per heavy atom. The van der Waals surface area contributed by atoms with Crippen molar-refractivity contribution in [2.24, 2.45) is 11.1 Å². The first-order chi connectivity index (χ1) is 17.8. The lowest BCUT2D eigenvalue weighted by Gasteiger charge is -2.57. The Kier molecular flexibility index (Phi) is 6.54. The average molecular weight is 550 g/mol. The molecule has 0 atom stereocenters. The molecule has 2 aliphatic rings. The number of carbonyl (C=O) groups is 2. The van der Waals surface area contributed by atoms with Crippen LogP contribution in [0.2, 0.25) is 0 Å². The number of thiazole rings is 1. The van der Waals surface area contributed by atoms with Crippen LogP contribution in [0.15, 0.2) is 18.2 Å². The number of ether oxygens (including phenoxy) is 2. The zero-order chi connectivity index (χ0) is 27.4. The summed E-state index contributed by atoms with van der Waals surface area (Å²) in [5, 5.41) is 17.6. The van der Waals surface area contributed by atoms with Gasteiger partial charge in [-0.25, -0.2) is 9.67 Å². The standard InChI is InChI=1S/C25H29F2N5O5S/c1-12-29-22(19(38-12)20(28)33)37-15-9-25(10-15)7-13(8-25)30-21(34)18-16-5-4-14(36-11-24(2,3)35)6-17(16)32(31-18)23(26)27/h4-6,13,15,23,35H,7-11H2,1-3H3,(H2,28,33)(H,30,34)/t13-,15-,25?. The second kappa shape index (κ2) is 9.45. The monoisotopic (exact) mass is 549 g/mol. The number of carbonyl (C=O) groups excluding carboxylic acids is 2. The first-order valence-electron chi connectivity index (χ1n) is 12.2. The molecule has 2 fully saturated rings. The number of aromatic nitrogens is 3. The van der Waals surface area contributed by atoms with Crippen LogP contribution in [0, 0.1) is 12.3 Å². The van der Waals surface area contributed by atoms with Gasteiger partial charge in [-0.2, -0.15) is 13.9 Å². The van der Waals surface area contributed by atoms with Crippen LogP contribution in [-0.2, 0) is 0 Å². The molecule has 10 nitrogen and oxygen atoms in total. The molecule has 4 N–H and O–H groups in total. The van der Waals surface area contributed by atoms with E-state index in [1.54, 1.807) is 26.8 Å². The van der Waals surface area contributed by atoms with Crippen LogP contribution < -0.4 is 20.5 Å². The Labute approximate surface area is 221 Å². The normalized spacial score (nSPS) is 22.8. The second-order valence-electron chi connectivity index (χ2n) is 10.8. The number of aliphatic hydroxyl groups is 1. The summed E-state index contributed by atoms with van der Waals surface area (Å²) >= 11 is 1.20. The molecule has 5 rings (SSSR count). The minimum atomic E-state index is -2.95. The van der Waals surface area contributed by atoms with E-state index < -0.39 is 24.0 Å². The van der Waals surface area contributed by atoms with Crippen LogP contribution in [0.3, 0.4) is 0 Å². The number of aryl methyl sites for hydroxylation is 1. The molecule has 3 aromatic rings. The molecule has 204 valence electrons. The van der Waals surface area contributed by atoms with Gasteiger partial charge >= 0.3 is 6.55 Å². The summed E-state index contributed by atoms with van der Waals surface area (Å²) in [6, 6.07) is 4.36. The maximum atomic E-state index is 13.7. The number of hydrogen-bond donors (Lipinski definition) is 3. The lowest BCUT2D eigenvalue weighted by molar-refractivity contribution is -0.0846. The molecule has 2 heterocycles. The predicted octanol–water partition coefficient (Wildman–Crippen LogP) is 3.56. The van der Waals surface area contributed by atoms with Crippen molar-refractivity contribution in [1.82, 2.24) is 20.1 Å². The van der Waals surface area contributed by atoms with Crippen LogP contribution in [0.4, 0.5) is 8.78 Å². The van der Waals surface area contributed by atoms with Gasteiger partial charge in [-0.3, -0.25) is 9.59 Å². The first-order valence-corrected chi connectivity index (χ1v) is 13.0. The Morgan fingerprint density at radius 1 is 1.32 bits per heavy atom. The fraction of sp³-hybridized carbons (Fsp3) is 0.520. The number of benzene rings is 1. The molecule has 0 radical (unpaired) electrons. The largest absolute Gasteiger partial charge is 0.491 e. The number of alkyl halides is 2. The number of primary amides is 1. The van der Waals surface area contributed by atoms with E-state index in [2.05, 4.69) is 15.4 Å². The predicted molar refractivity (Wildman–Crippen MR) is 135 cm³/mol. The van der Waals surface area contributed by atoms with Crippen LogP contribution in [-0.4, -0.2) is 56.0 Å². The summed E-state index contributed by atoms with van der Waals surface area (Å²) in [4.78, 5) is 29.2. The Morgan fingerprint density at radius 3 is 2.66 bits per heavy atom. The molecule has 1 spiro atoms. The highest BCUT2D eigenvalue weighted by Crippen LogP contribution is 2.57. The van der Waals surface area contributed by atoms with E-state index in [9.17, 15) is 23.5 Å². The molecule has 2 amide bonds. The Balaban J connectivity index is 1.20. The molecule has 1 aromatic carbocycles. The molecule has 0 saturated heterocycles. The van der Waals surface area contributed by atoms with Crippen molar-refractivity contribution in [1.29, 1.82) is 0 Å². The quantitative estimate of drug-likeness (QED) is 0.371. The number of amides is 2. The number of fused-ring (bicyclic) bond motifs is 1. The highest BCUT2D eigenvalue weighted by molar-refractivity contribution is 7.13. The highest BCUT2D eigenvalue weighted by Gasteiger charge is 2.54. The van der Waals surface area contributed by atoms with Crippen molar-refractivity contribution in [2.75, 3.05) is 6.61 Å². The van der Waals surface area contributed by atoms with E-state index in [1.807, 2.05) is 0 Å². The van der Waals surface area contributed by atoms with Gasteiger partial charge in [-0.15, -0.1) is 11.3 Å². The molecular formula is C25H29F2N5O5S. The van der Waals surface area contributed by atoms with E-state index in [0.717, 1.165) is 25.7 Å². The number of nitrogens with one attached hydrogen (secondary N) is 1.